The molecule has 0 radical (unpaired) electrons. The van der Waals surface area contributed by atoms with E-state index >= 15 is 0 Å². The van der Waals surface area contributed by atoms with Gasteiger partial charge in [-0.3, -0.25) is 4.79 Å². The van der Waals surface area contributed by atoms with Gasteiger partial charge in [0.15, 0.2) is 5.82 Å². The van der Waals surface area contributed by atoms with Crippen LogP contribution in [0.1, 0.15) is 34.3 Å². The Hall–Kier alpha value is -1.87. The number of H-pyrrole nitrogens is 1. The van der Waals surface area contributed by atoms with Crippen LogP contribution < -0.4 is 11.1 Å². The highest BCUT2D eigenvalue weighted by atomic mass is 32.1. The molecule has 1 atom stereocenters. The average Bonchev–Trinajstić information content (AvgIpc) is 3.00. The summed E-state index contributed by atoms with van der Waals surface area (Å²) in [7, 11) is 0. The fraction of sp³-hybridized carbons (Fsp3) is 0.444. The third-order valence-electron chi connectivity index (χ3n) is 2.24. The summed E-state index contributed by atoms with van der Waals surface area (Å²) in [6.45, 7) is 2.30. The largest absolute Gasteiger partial charge is 0.341 e. The van der Waals surface area contributed by atoms with Crippen molar-refractivity contribution < 1.29 is 4.79 Å². The molecule has 0 saturated carbocycles. The van der Waals surface area contributed by atoms with Crippen molar-refractivity contribution >= 4 is 17.2 Å². The first-order valence-corrected chi connectivity index (χ1v) is 6.27. The van der Waals surface area contributed by atoms with Gasteiger partial charge in [0.05, 0.1) is 11.0 Å². The lowest BCUT2D eigenvalue weighted by molar-refractivity contribution is 0.0934. The Morgan fingerprint density at radius 3 is 3.17 bits per heavy atom. The van der Waals surface area contributed by atoms with Gasteiger partial charge in [-0.25, -0.2) is 4.98 Å². The molecule has 0 aliphatic carbocycles. The van der Waals surface area contributed by atoms with Crippen LogP contribution in [-0.2, 0) is 6.42 Å². The van der Waals surface area contributed by atoms with Gasteiger partial charge in [0.2, 0.25) is 0 Å². The molecule has 0 aliphatic rings. The molecule has 2 heterocycles. The van der Waals surface area contributed by atoms with Crippen LogP contribution >= 0.6 is 11.3 Å². The fourth-order valence-corrected chi connectivity index (χ4v) is 2.14. The second kappa shape index (κ2) is 5.65. The van der Waals surface area contributed by atoms with Crippen LogP contribution in [0.2, 0.25) is 0 Å². The third-order valence-corrected chi connectivity index (χ3v) is 3.15. The molecule has 18 heavy (non-hydrogen) atoms. The molecule has 0 spiro atoms. The van der Waals surface area contributed by atoms with Crippen molar-refractivity contribution in [1.82, 2.24) is 30.9 Å². The first-order valence-electron chi connectivity index (χ1n) is 5.39. The Balaban J connectivity index is 1.98. The molecule has 1 amide bonds. The summed E-state index contributed by atoms with van der Waals surface area (Å²) in [5.41, 5.74) is 5.82. The summed E-state index contributed by atoms with van der Waals surface area (Å²) in [5, 5.41) is 18.7. The number of nitrogens with two attached hydrogens (primary N) is 1. The van der Waals surface area contributed by atoms with Crippen LogP contribution in [0, 0.1) is 0 Å². The van der Waals surface area contributed by atoms with Gasteiger partial charge in [-0.2, -0.15) is 5.21 Å². The second-order valence-corrected chi connectivity index (χ2v) is 4.57. The van der Waals surface area contributed by atoms with E-state index in [4.69, 9.17) is 5.73 Å². The number of aromatic nitrogens is 5. The standard InChI is InChI=1S/C9H13N7OS/c1-5(8-13-15-16-14-8)11-9(17)6-4-18-7(12-6)2-3-10/h4-5H,2-3,10H2,1H3,(H,11,17)(H,13,14,15,16). The monoisotopic (exact) mass is 267 g/mol. The zero-order chi connectivity index (χ0) is 13.0. The molecule has 4 N–H and O–H groups in total. The number of thiazole rings is 1. The summed E-state index contributed by atoms with van der Waals surface area (Å²) in [5.74, 6) is 0.174. The number of hydrogen-bond donors (Lipinski definition) is 3. The zero-order valence-electron chi connectivity index (χ0n) is 9.75. The molecular weight excluding hydrogens is 254 g/mol. The first-order chi connectivity index (χ1) is 8.70. The molecule has 0 fully saturated rings. The number of tetrazole rings is 1. The van der Waals surface area contributed by atoms with Gasteiger partial charge in [0.25, 0.3) is 5.91 Å². The van der Waals surface area contributed by atoms with E-state index < -0.39 is 0 Å². The molecule has 96 valence electrons. The van der Waals surface area contributed by atoms with Crippen LogP contribution in [0.5, 0.6) is 0 Å². The lowest BCUT2D eigenvalue weighted by Gasteiger charge is -2.07. The lowest BCUT2D eigenvalue weighted by atomic mass is 10.3. The van der Waals surface area contributed by atoms with Gasteiger partial charge >= 0.3 is 0 Å². The van der Waals surface area contributed by atoms with E-state index in [0.717, 1.165) is 5.01 Å². The lowest BCUT2D eigenvalue weighted by Crippen LogP contribution is -2.27. The molecule has 2 aromatic rings. The smallest absolute Gasteiger partial charge is 0.271 e. The van der Waals surface area contributed by atoms with Gasteiger partial charge in [-0.1, -0.05) is 5.21 Å². The van der Waals surface area contributed by atoms with Crippen LogP contribution in [-0.4, -0.2) is 38.1 Å². The maximum Gasteiger partial charge on any atom is 0.271 e. The highest BCUT2D eigenvalue weighted by Gasteiger charge is 2.16. The van der Waals surface area contributed by atoms with Crippen LogP contribution in [0.15, 0.2) is 5.38 Å². The maximum atomic E-state index is 11.9. The van der Waals surface area contributed by atoms with Gasteiger partial charge in [0.1, 0.15) is 5.69 Å². The Kier molecular flexibility index (Phi) is 3.95. The van der Waals surface area contributed by atoms with Crippen molar-refractivity contribution in [3.63, 3.8) is 0 Å². The minimum Gasteiger partial charge on any atom is -0.341 e. The van der Waals surface area contributed by atoms with Crippen molar-refractivity contribution in [3.05, 3.63) is 21.9 Å². The number of carbonyl (C=O) groups is 1. The van der Waals surface area contributed by atoms with E-state index in [1.807, 2.05) is 0 Å². The highest BCUT2D eigenvalue weighted by molar-refractivity contribution is 7.09. The van der Waals surface area contributed by atoms with Gasteiger partial charge in [-0.15, -0.1) is 21.5 Å². The number of nitrogens with zero attached hydrogens (tertiary/aromatic N) is 4. The van der Waals surface area contributed by atoms with Crippen molar-refractivity contribution in [2.75, 3.05) is 6.54 Å². The number of nitrogens with one attached hydrogen (secondary N) is 2. The van der Waals surface area contributed by atoms with Crippen molar-refractivity contribution in [2.45, 2.75) is 19.4 Å². The van der Waals surface area contributed by atoms with E-state index in [9.17, 15) is 4.79 Å². The Morgan fingerprint density at radius 2 is 2.50 bits per heavy atom. The second-order valence-electron chi connectivity index (χ2n) is 3.63. The Morgan fingerprint density at radius 1 is 1.67 bits per heavy atom. The molecule has 2 aromatic heterocycles. The first kappa shape index (κ1) is 12.6. The van der Waals surface area contributed by atoms with Crippen molar-refractivity contribution in [1.29, 1.82) is 0 Å². The molecule has 1 unspecified atom stereocenters. The topological polar surface area (TPSA) is 122 Å². The molecule has 0 aromatic carbocycles. The SMILES string of the molecule is CC(NC(=O)c1csc(CCN)n1)c1nn[nH]n1. The van der Waals surface area contributed by atoms with E-state index in [1.165, 1.54) is 11.3 Å². The number of aromatic amines is 1. The highest BCUT2D eigenvalue weighted by Crippen LogP contribution is 2.11. The number of amides is 1. The normalized spacial score (nSPS) is 12.3. The minimum absolute atomic E-state index is 0.258. The summed E-state index contributed by atoms with van der Waals surface area (Å²) < 4.78 is 0. The summed E-state index contributed by atoms with van der Waals surface area (Å²) in [6, 6.07) is -0.323. The van der Waals surface area contributed by atoms with E-state index in [0.29, 0.717) is 24.5 Å². The third kappa shape index (κ3) is 2.87. The van der Waals surface area contributed by atoms with E-state index in [-0.39, 0.29) is 11.9 Å². The Bertz CT molecular complexity index is 509. The predicted molar refractivity (Wildman–Crippen MR) is 64.9 cm³/mol. The van der Waals surface area contributed by atoms with Crippen molar-refractivity contribution in [2.24, 2.45) is 5.73 Å². The fourth-order valence-electron chi connectivity index (χ4n) is 1.34. The summed E-state index contributed by atoms with van der Waals surface area (Å²) >= 11 is 1.43. The van der Waals surface area contributed by atoms with Crippen LogP contribution in [0.4, 0.5) is 0 Å². The molecule has 9 heteroatoms. The van der Waals surface area contributed by atoms with Crippen LogP contribution in [0.25, 0.3) is 0 Å². The molecule has 2 rings (SSSR count). The minimum atomic E-state index is -0.323. The van der Waals surface area contributed by atoms with E-state index in [2.05, 4.69) is 30.9 Å². The quantitative estimate of drug-likeness (QED) is 0.680. The predicted octanol–water partition coefficient (Wildman–Crippen LogP) is -0.352. The number of rotatable bonds is 5. The molecule has 0 aliphatic heterocycles. The van der Waals surface area contributed by atoms with Gasteiger partial charge in [0, 0.05) is 11.8 Å². The average molecular weight is 267 g/mol. The van der Waals surface area contributed by atoms with E-state index in [1.54, 1.807) is 12.3 Å². The number of carbonyl (C=O) groups excluding carboxylic acids is 1. The maximum absolute atomic E-state index is 11.9. The number of hydrogen-bond acceptors (Lipinski definition) is 7. The molecule has 0 bridgehead atoms. The summed E-state index contributed by atoms with van der Waals surface area (Å²) in [6.07, 6.45) is 0.679. The van der Waals surface area contributed by atoms with Crippen molar-refractivity contribution in [3.8, 4) is 0 Å². The van der Waals surface area contributed by atoms with Crippen LogP contribution in [0.3, 0.4) is 0 Å². The van der Waals surface area contributed by atoms with Gasteiger partial charge < -0.3 is 11.1 Å². The molecule has 0 saturated heterocycles. The molecular formula is C9H13N7OS. The Labute approximate surface area is 107 Å². The molecule has 8 nitrogen and oxygen atoms in total. The zero-order valence-corrected chi connectivity index (χ0v) is 10.6. The van der Waals surface area contributed by atoms with Gasteiger partial charge in [-0.05, 0) is 13.5 Å². The summed E-state index contributed by atoms with van der Waals surface area (Å²) in [4.78, 5) is 16.1.